The third-order valence-corrected chi connectivity index (χ3v) is 6.39. The van der Waals surface area contributed by atoms with E-state index in [1.807, 2.05) is 9.82 Å². The Morgan fingerprint density at radius 1 is 0.605 bits per heavy atom. The van der Waals surface area contributed by atoms with Crippen molar-refractivity contribution in [3.05, 3.63) is 78.6 Å². The summed E-state index contributed by atoms with van der Waals surface area (Å²) >= 11 is 0. The zero-order valence-electron chi connectivity index (χ0n) is 18.0. The Morgan fingerprint density at radius 3 is 1.16 bits per heavy atom. The molecule has 202 valence electrons. The largest absolute Gasteiger partial charge is 0.461 e. The molecule has 0 fully saturated rings. The number of nitrogens with zero attached hydrogens (tertiary/aromatic N) is 6. The van der Waals surface area contributed by atoms with Crippen LogP contribution < -0.4 is 0 Å². The molecule has 20 heteroatoms. The minimum atomic E-state index is -2.14. The molecule has 0 aliphatic carbocycles. The van der Waals surface area contributed by atoms with Gasteiger partial charge in [0.25, 0.3) is 0 Å². The fourth-order valence-corrected chi connectivity index (χ4v) is 4.12. The molecule has 38 heavy (non-hydrogen) atoms. The van der Waals surface area contributed by atoms with E-state index in [4.69, 9.17) is 11.1 Å². The maximum atomic E-state index is 13.9. The van der Waals surface area contributed by atoms with E-state index >= 15 is 0 Å². The normalized spacial score (nSPS) is 10.4. The van der Waals surface area contributed by atoms with Crippen molar-refractivity contribution in [3.8, 4) is 0 Å². The highest BCUT2D eigenvalue weighted by Crippen LogP contribution is 2.32. The Kier molecular flexibility index (Phi) is 10.9. The van der Waals surface area contributed by atoms with Crippen LogP contribution in [0.25, 0.3) is 20.9 Å². The number of azide groups is 2. The predicted molar refractivity (Wildman–Crippen MR) is 116 cm³/mol. The van der Waals surface area contributed by atoms with Gasteiger partial charge >= 0.3 is 11.9 Å². The average Bonchev–Trinajstić information content (AvgIpc) is 2.88. The molecule has 0 aliphatic rings. The van der Waals surface area contributed by atoms with Crippen LogP contribution in [0.5, 0.6) is 0 Å². The van der Waals surface area contributed by atoms with E-state index in [9.17, 15) is 44.7 Å². The molecule has 0 saturated heterocycles. The Hall–Kier alpha value is -3.86. The Labute approximate surface area is 212 Å². The van der Waals surface area contributed by atoms with Crippen molar-refractivity contribution >= 4 is 44.9 Å². The Morgan fingerprint density at radius 2 is 0.895 bits per heavy atom. The monoisotopic (exact) mass is 588 g/mol. The van der Waals surface area contributed by atoms with Gasteiger partial charge in [-0.3, -0.25) is 0 Å². The number of halogens is 8. The van der Waals surface area contributed by atoms with Gasteiger partial charge in [-0.25, -0.2) is 44.7 Å². The molecule has 0 spiro atoms. The van der Waals surface area contributed by atoms with Crippen LogP contribution in [0.2, 0.25) is 0 Å². The smallest absolute Gasteiger partial charge is 0.344 e. The van der Waals surface area contributed by atoms with Gasteiger partial charge < -0.3 is 9.47 Å². The van der Waals surface area contributed by atoms with Crippen LogP contribution in [0.4, 0.5) is 46.5 Å². The second-order valence-corrected chi connectivity index (χ2v) is 8.96. The molecule has 0 heterocycles. The SMILES string of the molecule is [N-]=[N+]=Nc1c(F)c(F)c(C(=O)OCCSSCCOC(=O)c2c(F)c(F)c(N=[N+]=[N-])c(F)c2F)c(F)c1F. The van der Waals surface area contributed by atoms with Crippen molar-refractivity contribution in [2.45, 2.75) is 0 Å². The molecular formula is C18H8F8N6O4S2. The Balaban J connectivity index is 1.84. The Bertz CT molecular complexity index is 1220. The van der Waals surface area contributed by atoms with E-state index in [0.29, 0.717) is 0 Å². The summed E-state index contributed by atoms with van der Waals surface area (Å²) in [7, 11) is 1.85. The molecule has 0 bridgehead atoms. The van der Waals surface area contributed by atoms with Crippen LogP contribution in [0.15, 0.2) is 10.2 Å². The molecule has 2 rings (SSSR count). The first kappa shape index (κ1) is 30.4. The molecule has 2 aromatic rings. The van der Waals surface area contributed by atoms with Crippen molar-refractivity contribution in [2.75, 3.05) is 24.7 Å². The number of carbonyl (C=O) groups is 2. The molecule has 10 nitrogen and oxygen atoms in total. The van der Waals surface area contributed by atoms with Crippen LogP contribution in [-0.4, -0.2) is 36.7 Å². The van der Waals surface area contributed by atoms with E-state index < -0.39 is 94.2 Å². The summed E-state index contributed by atoms with van der Waals surface area (Å²) in [5.74, 6) is -20.7. The molecule has 0 saturated carbocycles. The first-order valence-corrected chi connectivity index (χ1v) is 11.9. The second-order valence-electron chi connectivity index (χ2n) is 6.25. The highest BCUT2D eigenvalue weighted by Gasteiger charge is 2.31. The van der Waals surface area contributed by atoms with Gasteiger partial charge in [-0.1, -0.05) is 31.8 Å². The van der Waals surface area contributed by atoms with Gasteiger partial charge in [-0.05, 0) is 11.1 Å². The van der Waals surface area contributed by atoms with Crippen LogP contribution in [0.3, 0.4) is 0 Å². The van der Waals surface area contributed by atoms with Crippen LogP contribution >= 0.6 is 21.6 Å². The molecule has 0 radical (unpaired) electrons. The van der Waals surface area contributed by atoms with Gasteiger partial charge in [0, 0.05) is 21.3 Å². The van der Waals surface area contributed by atoms with E-state index in [0.717, 1.165) is 21.6 Å². The number of esters is 2. The van der Waals surface area contributed by atoms with Crippen LogP contribution in [0.1, 0.15) is 20.7 Å². The van der Waals surface area contributed by atoms with Gasteiger partial charge in [0.2, 0.25) is 0 Å². The summed E-state index contributed by atoms with van der Waals surface area (Å²) in [5.41, 5.74) is 9.76. The summed E-state index contributed by atoms with van der Waals surface area (Å²) in [6, 6.07) is 0. The van der Waals surface area contributed by atoms with Crippen molar-refractivity contribution in [1.82, 2.24) is 0 Å². The van der Waals surface area contributed by atoms with E-state index in [1.165, 1.54) is 0 Å². The summed E-state index contributed by atoms with van der Waals surface area (Å²) in [6.07, 6.45) is 0. The first-order valence-electron chi connectivity index (χ1n) is 9.40. The molecule has 2 aromatic carbocycles. The second kappa shape index (κ2) is 13.6. The number of hydrogen-bond donors (Lipinski definition) is 0. The maximum Gasteiger partial charge on any atom is 0.344 e. The zero-order valence-corrected chi connectivity index (χ0v) is 19.6. The minimum absolute atomic E-state index is 0.0735. The van der Waals surface area contributed by atoms with Crippen molar-refractivity contribution in [2.24, 2.45) is 10.2 Å². The predicted octanol–water partition coefficient (Wildman–Crippen LogP) is 7.08. The molecule has 0 N–H and O–H groups in total. The van der Waals surface area contributed by atoms with E-state index in [-0.39, 0.29) is 11.5 Å². The maximum absolute atomic E-state index is 13.9. The van der Waals surface area contributed by atoms with Crippen LogP contribution in [0, 0.1) is 46.5 Å². The van der Waals surface area contributed by atoms with Crippen molar-refractivity contribution in [3.63, 3.8) is 0 Å². The summed E-state index contributed by atoms with van der Waals surface area (Å²) in [6.45, 7) is -1.05. The van der Waals surface area contributed by atoms with Gasteiger partial charge in [-0.15, -0.1) is 0 Å². The third kappa shape index (κ3) is 6.52. The fraction of sp³-hybridized carbons (Fsp3) is 0.222. The number of hydrogen-bond acceptors (Lipinski definition) is 8. The van der Waals surface area contributed by atoms with E-state index in [1.54, 1.807) is 0 Å². The lowest BCUT2D eigenvalue weighted by molar-refractivity contribution is 0.0506. The number of carbonyl (C=O) groups excluding carboxylic acids is 2. The molecule has 0 atom stereocenters. The van der Waals surface area contributed by atoms with Gasteiger partial charge in [-0.2, -0.15) is 0 Å². The lowest BCUT2D eigenvalue weighted by atomic mass is 10.1. The van der Waals surface area contributed by atoms with Crippen molar-refractivity contribution in [1.29, 1.82) is 0 Å². The number of ether oxygens (including phenoxy) is 2. The first-order chi connectivity index (χ1) is 18.0. The standard InChI is InChI=1S/C18H8F8N6O4S2/c19-7-5(8(20)12(24)15(11(7)23)29-31-27)17(33)35-1-3-37-38-4-2-36-18(34)6-9(21)13(25)16(30-32-28)14(26)10(6)22/h1-4H2. The molecule has 0 unspecified atom stereocenters. The fourth-order valence-electron chi connectivity index (χ4n) is 2.46. The summed E-state index contributed by atoms with van der Waals surface area (Å²) in [5, 5.41) is 4.94. The lowest BCUT2D eigenvalue weighted by Gasteiger charge is -2.10. The minimum Gasteiger partial charge on any atom is -0.461 e. The van der Waals surface area contributed by atoms with Crippen molar-refractivity contribution < 1.29 is 54.2 Å². The average molecular weight is 588 g/mol. The quantitative estimate of drug-likeness (QED) is 0.0400. The van der Waals surface area contributed by atoms with Crippen LogP contribution in [-0.2, 0) is 9.47 Å². The number of benzene rings is 2. The van der Waals surface area contributed by atoms with Gasteiger partial charge in [0.1, 0.15) is 35.7 Å². The van der Waals surface area contributed by atoms with Gasteiger partial charge in [0.15, 0.2) is 46.5 Å². The highest BCUT2D eigenvalue weighted by molar-refractivity contribution is 8.76. The van der Waals surface area contributed by atoms with Gasteiger partial charge in [0.05, 0.1) is 0 Å². The summed E-state index contributed by atoms with van der Waals surface area (Å²) < 4.78 is 120. The zero-order chi connectivity index (χ0) is 28.6. The number of rotatable bonds is 11. The summed E-state index contributed by atoms with van der Waals surface area (Å²) in [4.78, 5) is 27.6. The topological polar surface area (TPSA) is 150 Å². The molecule has 0 aliphatic heterocycles. The third-order valence-electron chi connectivity index (χ3n) is 4.06. The van der Waals surface area contributed by atoms with E-state index in [2.05, 4.69) is 19.7 Å². The lowest BCUT2D eigenvalue weighted by Crippen LogP contribution is -2.15. The highest BCUT2D eigenvalue weighted by atomic mass is 33.1. The molecule has 0 aromatic heterocycles. The molecular weight excluding hydrogens is 580 g/mol. The molecule has 0 amide bonds.